The second-order valence-corrected chi connectivity index (χ2v) is 5.14. The van der Waals surface area contributed by atoms with Crippen molar-refractivity contribution in [3.05, 3.63) is 77.7 Å². The van der Waals surface area contributed by atoms with Gasteiger partial charge in [0.05, 0.1) is 6.61 Å². The molecular formula is C18H18FNO. The molecule has 0 saturated carbocycles. The molecule has 0 radical (unpaired) electrons. The molecule has 0 amide bonds. The molecule has 0 bridgehead atoms. The molecule has 1 atom stereocenters. The minimum Gasteiger partial charge on any atom is -0.372 e. The highest BCUT2D eigenvalue weighted by atomic mass is 19.1. The van der Waals surface area contributed by atoms with Gasteiger partial charge in [0.2, 0.25) is 0 Å². The van der Waals surface area contributed by atoms with Gasteiger partial charge in [-0.2, -0.15) is 0 Å². The van der Waals surface area contributed by atoms with Crippen molar-refractivity contribution in [3.63, 3.8) is 0 Å². The van der Waals surface area contributed by atoms with Crippen molar-refractivity contribution in [3.8, 4) is 0 Å². The van der Waals surface area contributed by atoms with Crippen molar-refractivity contribution in [2.24, 2.45) is 0 Å². The van der Waals surface area contributed by atoms with E-state index in [2.05, 4.69) is 29.3 Å². The predicted molar refractivity (Wildman–Crippen MR) is 82.1 cm³/mol. The Labute approximate surface area is 124 Å². The number of ether oxygens (including phenoxy) is 1. The van der Waals surface area contributed by atoms with Gasteiger partial charge >= 0.3 is 0 Å². The van der Waals surface area contributed by atoms with Gasteiger partial charge in [0, 0.05) is 13.1 Å². The summed E-state index contributed by atoms with van der Waals surface area (Å²) in [7, 11) is 0. The highest BCUT2D eigenvalue weighted by molar-refractivity contribution is 5.48. The second-order valence-electron chi connectivity index (χ2n) is 5.14. The molecule has 2 aromatic carbocycles. The summed E-state index contributed by atoms with van der Waals surface area (Å²) in [5.41, 5.74) is 2.07. The van der Waals surface area contributed by atoms with E-state index in [1.165, 1.54) is 11.6 Å². The first-order chi connectivity index (χ1) is 10.3. The molecular weight excluding hydrogens is 265 g/mol. The van der Waals surface area contributed by atoms with E-state index < -0.39 is 0 Å². The number of nitrogens with zero attached hydrogens (tertiary/aromatic N) is 1. The Morgan fingerprint density at radius 1 is 1.10 bits per heavy atom. The Bertz CT molecular complexity index is 612. The van der Waals surface area contributed by atoms with Crippen LogP contribution in [0.1, 0.15) is 17.2 Å². The zero-order valence-corrected chi connectivity index (χ0v) is 11.8. The summed E-state index contributed by atoms with van der Waals surface area (Å²) < 4.78 is 19.1. The topological polar surface area (TPSA) is 12.5 Å². The van der Waals surface area contributed by atoms with Crippen LogP contribution < -0.4 is 0 Å². The number of morpholine rings is 1. The van der Waals surface area contributed by atoms with Gasteiger partial charge in [-0.15, -0.1) is 0 Å². The molecule has 0 spiro atoms. The molecule has 2 nitrogen and oxygen atoms in total. The molecule has 2 aromatic rings. The van der Waals surface area contributed by atoms with E-state index in [1.807, 2.05) is 24.3 Å². The van der Waals surface area contributed by atoms with Crippen LogP contribution >= 0.6 is 0 Å². The smallest absolute Gasteiger partial charge is 0.123 e. The number of halogens is 1. The Morgan fingerprint density at radius 3 is 2.76 bits per heavy atom. The first-order valence-electron chi connectivity index (χ1n) is 7.15. The quantitative estimate of drug-likeness (QED) is 0.848. The summed E-state index contributed by atoms with van der Waals surface area (Å²) in [6, 6.07) is 16.8. The zero-order valence-electron chi connectivity index (χ0n) is 11.8. The van der Waals surface area contributed by atoms with E-state index in [1.54, 1.807) is 12.1 Å². The first-order valence-corrected chi connectivity index (χ1v) is 7.15. The maximum Gasteiger partial charge on any atom is 0.123 e. The van der Waals surface area contributed by atoms with Gasteiger partial charge in [0.25, 0.3) is 0 Å². The Morgan fingerprint density at radius 2 is 1.95 bits per heavy atom. The van der Waals surface area contributed by atoms with Gasteiger partial charge in [0.15, 0.2) is 0 Å². The van der Waals surface area contributed by atoms with Crippen molar-refractivity contribution in [2.45, 2.75) is 6.10 Å². The maximum absolute atomic E-state index is 13.3. The largest absolute Gasteiger partial charge is 0.372 e. The summed E-state index contributed by atoms with van der Waals surface area (Å²) in [6.07, 6.45) is 4.10. The molecule has 0 N–H and O–H groups in total. The number of benzene rings is 2. The lowest BCUT2D eigenvalue weighted by atomic mass is 10.1. The van der Waals surface area contributed by atoms with Crippen LogP contribution in [0.15, 0.2) is 60.8 Å². The lowest BCUT2D eigenvalue weighted by Crippen LogP contribution is -2.34. The first kappa shape index (κ1) is 13.8. The molecule has 3 rings (SSSR count). The number of hydrogen-bond acceptors (Lipinski definition) is 2. The molecule has 0 aliphatic carbocycles. The van der Waals surface area contributed by atoms with Gasteiger partial charge in [-0.1, -0.05) is 42.5 Å². The fourth-order valence-corrected chi connectivity index (χ4v) is 2.47. The van der Waals surface area contributed by atoms with Crippen LogP contribution in [0.5, 0.6) is 0 Å². The summed E-state index contributed by atoms with van der Waals surface area (Å²) in [5.74, 6) is -0.215. The molecule has 1 heterocycles. The zero-order chi connectivity index (χ0) is 14.5. The van der Waals surface area contributed by atoms with Crippen LogP contribution in [0.2, 0.25) is 0 Å². The van der Waals surface area contributed by atoms with E-state index >= 15 is 0 Å². The fourth-order valence-electron chi connectivity index (χ4n) is 2.47. The van der Waals surface area contributed by atoms with Crippen LogP contribution in [0.4, 0.5) is 4.39 Å². The van der Waals surface area contributed by atoms with Crippen molar-refractivity contribution < 1.29 is 9.13 Å². The van der Waals surface area contributed by atoms with Gasteiger partial charge in [-0.05, 0) is 35.5 Å². The SMILES string of the molecule is Fc1cccc([C@H]2CN(C=Cc3ccccc3)CCO2)c1. The lowest BCUT2D eigenvalue weighted by molar-refractivity contribution is -0.0136. The van der Waals surface area contributed by atoms with Crippen molar-refractivity contribution in [1.82, 2.24) is 4.90 Å². The average Bonchev–Trinajstić information content (AvgIpc) is 2.54. The van der Waals surface area contributed by atoms with Crippen molar-refractivity contribution >= 4 is 6.08 Å². The third-order valence-corrected chi connectivity index (χ3v) is 3.60. The molecule has 3 heteroatoms. The van der Waals surface area contributed by atoms with E-state index in [4.69, 9.17) is 4.74 Å². The van der Waals surface area contributed by atoms with Crippen molar-refractivity contribution in [1.29, 1.82) is 0 Å². The van der Waals surface area contributed by atoms with E-state index in [0.29, 0.717) is 6.61 Å². The normalized spacial score (nSPS) is 19.1. The molecule has 0 unspecified atom stereocenters. The highest BCUT2D eigenvalue weighted by Crippen LogP contribution is 2.23. The van der Waals surface area contributed by atoms with E-state index in [9.17, 15) is 4.39 Å². The molecule has 1 fully saturated rings. The summed E-state index contributed by atoms with van der Waals surface area (Å²) in [4.78, 5) is 2.21. The average molecular weight is 283 g/mol. The number of rotatable bonds is 3. The number of hydrogen-bond donors (Lipinski definition) is 0. The van der Waals surface area contributed by atoms with Crippen LogP contribution in [0, 0.1) is 5.82 Å². The van der Waals surface area contributed by atoms with Gasteiger partial charge in [-0.3, -0.25) is 0 Å². The van der Waals surface area contributed by atoms with E-state index in [0.717, 1.165) is 18.7 Å². The Hall–Kier alpha value is -2.13. The van der Waals surface area contributed by atoms with Crippen LogP contribution in [-0.4, -0.2) is 24.6 Å². The summed E-state index contributed by atoms with van der Waals surface area (Å²) in [5, 5.41) is 0. The molecule has 0 aromatic heterocycles. The Balaban J connectivity index is 1.67. The van der Waals surface area contributed by atoms with Crippen LogP contribution in [0.25, 0.3) is 6.08 Å². The molecule has 1 aliphatic rings. The van der Waals surface area contributed by atoms with E-state index in [-0.39, 0.29) is 11.9 Å². The second kappa shape index (κ2) is 6.55. The molecule has 1 aliphatic heterocycles. The molecule has 21 heavy (non-hydrogen) atoms. The van der Waals surface area contributed by atoms with Gasteiger partial charge < -0.3 is 9.64 Å². The standard InChI is InChI=1S/C18H18FNO/c19-17-8-4-7-16(13-17)18-14-20(11-12-21-18)10-9-15-5-2-1-3-6-15/h1-10,13,18H,11-12,14H2/t18-/m1/s1. The fraction of sp³-hybridized carbons (Fsp3) is 0.222. The Kier molecular flexibility index (Phi) is 4.31. The van der Waals surface area contributed by atoms with Crippen LogP contribution in [-0.2, 0) is 4.74 Å². The van der Waals surface area contributed by atoms with Gasteiger partial charge in [-0.25, -0.2) is 4.39 Å². The molecule has 108 valence electrons. The minimum absolute atomic E-state index is 0.0742. The van der Waals surface area contributed by atoms with Crippen molar-refractivity contribution in [2.75, 3.05) is 19.7 Å². The summed E-state index contributed by atoms with van der Waals surface area (Å²) >= 11 is 0. The third kappa shape index (κ3) is 3.70. The van der Waals surface area contributed by atoms with Gasteiger partial charge in [0.1, 0.15) is 11.9 Å². The monoisotopic (exact) mass is 283 g/mol. The maximum atomic E-state index is 13.3. The third-order valence-electron chi connectivity index (χ3n) is 3.60. The lowest BCUT2D eigenvalue weighted by Gasteiger charge is -2.32. The van der Waals surface area contributed by atoms with Crippen LogP contribution in [0.3, 0.4) is 0 Å². The minimum atomic E-state index is -0.215. The molecule has 1 saturated heterocycles. The summed E-state index contributed by atoms with van der Waals surface area (Å²) in [6.45, 7) is 2.25. The highest BCUT2D eigenvalue weighted by Gasteiger charge is 2.20. The predicted octanol–water partition coefficient (Wildman–Crippen LogP) is 3.87.